The summed E-state index contributed by atoms with van der Waals surface area (Å²) < 4.78 is 74.4. The van der Waals surface area contributed by atoms with Gasteiger partial charge in [0, 0.05) is 5.56 Å². The van der Waals surface area contributed by atoms with E-state index in [1.54, 1.807) is 0 Å². The number of hydrogen-bond acceptors (Lipinski definition) is 2. The van der Waals surface area contributed by atoms with Crippen molar-refractivity contribution in [3.8, 4) is 11.3 Å². The molecule has 0 spiro atoms. The van der Waals surface area contributed by atoms with Gasteiger partial charge in [-0.2, -0.15) is 26.3 Å². The molecule has 1 aromatic heterocycles. The highest BCUT2D eigenvalue weighted by Crippen LogP contribution is 2.31. The molecular formula is C12H5F6N2. The standard InChI is InChI=1S/C12H5F6N2/c13-11(14,15)8-3-1-7(2-4-8)9-5-19-6-10(20-9)12(16,17)18/h1-4,6H. The molecule has 2 aromatic rings. The molecule has 2 rings (SSSR count). The summed E-state index contributed by atoms with van der Waals surface area (Å²) >= 11 is 0. The lowest BCUT2D eigenvalue weighted by Gasteiger charge is -2.08. The Bertz CT molecular complexity index is 601. The fourth-order valence-electron chi connectivity index (χ4n) is 1.41. The predicted molar refractivity (Wildman–Crippen MR) is 56.3 cm³/mol. The van der Waals surface area contributed by atoms with Crippen molar-refractivity contribution in [3.63, 3.8) is 0 Å². The maximum atomic E-state index is 12.4. The van der Waals surface area contributed by atoms with Crippen LogP contribution in [0.15, 0.2) is 30.5 Å². The average Bonchev–Trinajstić information content (AvgIpc) is 2.37. The molecule has 0 saturated carbocycles. The van der Waals surface area contributed by atoms with Gasteiger partial charge in [-0.15, -0.1) is 0 Å². The summed E-state index contributed by atoms with van der Waals surface area (Å²) in [5.41, 5.74) is -2.34. The van der Waals surface area contributed by atoms with Crippen LogP contribution < -0.4 is 0 Å². The number of rotatable bonds is 1. The van der Waals surface area contributed by atoms with E-state index in [9.17, 15) is 26.3 Å². The zero-order valence-corrected chi connectivity index (χ0v) is 9.55. The number of halogens is 6. The predicted octanol–water partition coefficient (Wildman–Crippen LogP) is 3.98. The molecule has 0 amide bonds. The summed E-state index contributed by atoms with van der Waals surface area (Å²) in [5.74, 6) is 0. The quantitative estimate of drug-likeness (QED) is 0.743. The molecule has 2 nitrogen and oxygen atoms in total. The molecule has 0 aliphatic heterocycles. The van der Waals surface area contributed by atoms with Crippen molar-refractivity contribution < 1.29 is 26.3 Å². The first-order valence-corrected chi connectivity index (χ1v) is 5.17. The molecule has 8 heteroatoms. The van der Waals surface area contributed by atoms with Gasteiger partial charge in [0.25, 0.3) is 0 Å². The van der Waals surface area contributed by atoms with Gasteiger partial charge in [0.05, 0.1) is 17.5 Å². The highest BCUT2D eigenvalue weighted by atomic mass is 19.4. The molecule has 0 aliphatic rings. The van der Waals surface area contributed by atoms with E-state index < -0.39 is 23.6 Å². The van der Waals surface area contributed by atoms with Crippen molar-refractivity contribution in [1.29, 1.82) is 0 Å². The molecule has 0 fully saturated rings. The summed E-state index contributed by atoms with van der Waals surface area (Å²) in [6, 6.07) is 3.54. The molecule has 105 valence electrons. The lowest BCUT2D eigenvalue weighted by molar-refractivity contribution is -0.141. The molecule has 0 N–H and O–H groups in total. The largest absolute Gasteiger partial charge is 0.434 e. The third-order valence-corrected chi connectivity index (χ3v) is 2.37. The van der Waals surface area contributed by atoms with Crippen molar-refractivity contribution in [1.82, 2.24) is 9.97 Å². The first-order chi connectivity index (χ1) is 9.18. The molecule has 0 atom stereocenters. The lowest BCUT2D eigenvalue weighted by Crippen LogP contribution is -2.09. The Morgan fingerprint density at radius 3 is 1.95 bits per heavy atom. The van der Waals surface area contributed by atoms with Crippen molar-refractivity contribution in [2.45, 2.75) is 12.4 Å². The van der Waals surface area contributed by atoms with E-state index in [1.165, 1.54) is 0 Å². The number of aromatic nitrogens is 2. The van der Waals surface area contributed by atoms with E-state index in [-0.39, 0.29) is 11.3 Å². The normalized spacial score (nSPS) is 12.5. The van der Waals surface area contributed by atoms with Crippen LogP contribution in [-0.2, 0) is 12.4 Å². The Morgan fingerprint density at radius 1 is 0.850 bits per heavy atom. The van der Waals surface area contributed by atoms with Crippen LogP contribution in [0.25, 0.3) is 11.3 Å². The lowest BCUT2D eigenvalue weighted by atomic mass is 10.1. The van der Waals surface area contributed by atoms with Gasteiger partial charge >= 0.3 is 12.4 Å². The average molecular weight is 291 g/mol. The van der Waals surface area contributed by atoms with Crippen LogP contribution in [0.5, 0.6) is 0 Å². The molecule has 1 heterocycles. The molecular weight excluding hydrogens is 286 g/mol. The highest BCUT2D eigenvalue weighted by Gasteiger charge is 2.33. The highest BCUT2D eigenvalue weighted by molar-refractivity contribution is 5.58. The summed E-state index contributed by atoms with van der Waals surface area (Å²) in [4.78, 5) is 6.55. The van der Waals surface area contributed by atoms with E-state index in [1.807, 2.05) is 0 Å². The molecule has 0 unspecified atom stereocenters. The Labute approximate surface area is 109 Å². The second kappa shape index (κ2) is 4.77. The van der Waals surface area contributed by atoms with E-state index in [4.69, 9.17) is 0 Å². The van der Waals surface area contributed by atoms with Crippen molar-refractivity contribution >= 4 is 0 Å². The molecule has 1 radical (unpaired) electrons. The van der Waals surface area contributed by atoms with Crippen LogP contribution in [0.3, 0.4) is 0 Å². The first kappa shape index (κ1) is 14.3. The van der Waals surface area contributed by atoms with E-state index in [0.29, 0.717) is 6.20 Å². The third-order valence-electron chi connectivity index (χ3n) is 2.37. The first-order valence-electron chi connectivity index (χ1n) is 5.17. The number of alkyl halides is 6. The zero-order valence-electron chi connectivity index (χ0n) is 9.55. The van der Waals surface area contributed by atoms with E-state index >= 15 is 0 Å². The Morgan fingerprint density at radius 2 is 1.45 bits per heavy atom. The van der Waals surface area contributed by atoms with Crippen LogP contribution in [0.4, 0.5) is 26.3 Å². The van der Waals surface area contributed by atoms with Gasteiger partial charge in [0.15, 0.2) is 5.69 Å². The summed E-state index contributed by atoms with van der Waals surface area (Å²) in [6.45, 7) is 0. The maximum absolute atomic E-state index is 12.4. The van der Waals surface area contributed by atoms with Gasteiger partial charge in [-0.05, 0) is 12.1 Å². The molecule has 0 saturated heterocycles. The number of benzene rings is 1. The van der Waals surface area contributed by atoms with Crippen molar-refractivity contribution in [2.24, 2.45) is 0 Å². The Balaban J connectivity index is 2.38. The molecule has 20 heavy (non-hydrogen) atoms. The van der Waals surface area contributed by atoms with Crippen LogP contribution >= 0.6 is 0 Å². The fraction of sp³-hybridized carbons (Fsp3) is 0.167. The maximum Gasteiger partial charge on any atom is 0.434 e. The molecule has 0 bridgehead atoms. The monoisotopic (exact) mass is 291 g/mol. The number of hydrogen-bond donors (Lipinski definition) is 0. The van der Waals surface area contributed by atoms with Gasteiger partial charge in [0.1, 0.15) is 6.20 Å². The summed E-state index contributed by atoms with van der Waals surface area (Å²) in [5, 5.41) is 0. The van der Waals surface area contributed by atoms with E-state index in [0.717, 1.165) is 24.3 Å². The van der Waals surface area contributed by atoms with Crippen molar-refractivity contribution in [2.75, 3.05) is 0 Å². The minimum Gasteiger partial charge on any atom is -0.250 e. The number of nitrogens with zero attached hydrogens (tertiary/aromatic N) is 2. The topological polar surface area (TPSA) is 25.8 Å². The Hall–Kier alpha value is -2.12. The van der Waals surface area contributed by atoms with Crippen LogP contribution in [-0.4, -0.2) is 9.97 Å². The van der Waals surface area contributed by atoms with Gasteiger partial charge < -0.3 is 0 Å². The van der Waals surface area contributed by atoms with Crippen molar-refractivity contribution in [3.05, 3.63) is 47.9 Å². The Kier molecular flexibility index (Phi) is 3.41. The van der Waals surface area contributed by atoms with Gasteiger partial charge in [0.2, 0.25) is 0 Å². The molecule has 1 aromatic carbocycles. The van der Waals surface area contributed by atoms with Crippen LogP contribution in [0.2, 0.25) is 0 Å². The van der Waals surface area contributed by atoms with Gasteiger partial charge in [-0.1, -0.05) is 12.1 Å². The summed E-state index contributed by atoms with van der Waals surface area (Å²) in [6.07, 6.45) is -6.48. The van der Waals surface area contributed by atoms with Crippen LogP contribution in [0, 0.1) is 6.20 Å². The van der Waals surface area contributed by atoms with Gasteiger partial charge in [-0.3, -0.25) is 0 Å². The molecule has 0 aliphatic carbocycles. The summed E-state index contributed by atoms with van der Waals surface area (Å²) in [7, 11) is 0. The second-order valence-corrected chi connectivity index (χ2v) is 3.79. The minimum absolute atomic E-state index is 0.0663. The zero-order chi connectivity index (χ0) is 15.0. The van der Waals surface area contributed by atoms with Gasteiger partial charge in [-0.25, -0.2) is 9.97 Å². The second-order valence-electron chi connectivity index (χ2n) is 3.79. The van der Waals surface area contributed by atoms with Crippen LogP contribution in [0.1, 0.15) is 11.3 Å². The van der Waals surface area contributed by atoms with E-state index in [2.05, 4.69) is 16.2 Å². The smallest absolute Gasteiger partial charge is 0.250 e. The third kappa shape index (κ3) is 3.06. The fourth-order valence-corrected chi connectivity index (χ4v) is 1.41. The SMILES string of the molecule is FC(F)(F)c1ccc(-c2[c]ncc(C(F)(F)F)n2)cc1. The minimum atomic E-state index is -4.68.